The zero-order valence-corrected chi connectivity index (χ0v) is 18.1. The maximum atomic E-state index is 12.9. The molecule has 0 aliphatic carbocycles. The van der Waals surface area contributed by atoms with Crippen molar-refractivity contribution in [3.63, 3.8) is 0 Å². The van der Waals surface area contributed by atoms with E-state index in [9.17, 15) is 10.1 Å². The van der Waals surface area contributed by atoms with Crippen LogP contribution in [0.5, 0.6) is 17.2 Å². The van der Waals surface area contributed by atoms with Gasteiger partial charge in [-0.15, -0.1) is 0 Å². The number of aromatic nitrogens is 1. The molecule has 1 aliphatic rings. The number of allylic oxidation sites excluding steroid dienone is 2. The van der Waals surface area contributed by atoms with Gasteiger partial charge in [0.05, 0.1) is 39.4 Å². The normalized spacial score (nSPS) is 15.8. The van der Waals surface area contributed by atoms with E-state index in [1.807, 2.05) is 12.1 Å². The quantitative estimate of drug-likeness (QED) is 0.623. The number of nitrogens with zero attached hydrogens (tertiary/aromatic N) is 2. The van der Waals surface area contributed by atoms with Crippen molar-refractivity contribution < 1.29 is 28.5 Å². The summed E-state index contributed by atoms with van der Waals surface area (Å²) in [5.74, 6) is 0.438. The fourth-order valence-electron chi connectivity index (χ4n) is 3.63. The Kier molecular flexibility index (Phi) is 6.55. The molecular formula is C23H24N2O6. The van der Waals surface area contributed by atoms with Gasteiger partial charge < -0.3 is 23.7 Å². The summed E-state index contributed by atoms with van der Waals surface area (Å²) in [5.41, 5.74) is 1.00. The summed E-state index contributed by atoms with van der Waals surface area (Å²) >= 11 is 0. The summed E-state index contributed by atoms with van der Waals surface area (Å²) in [5, 5.41) is 10.1. The van der Waals surface area contributed by atoms with Crippen LogP contribution in [0, 0.1) is 11.3 Å². The molecule has 0 N–H and O–H groups in total. The van der Waals surface area contributed by atoms with E-state index >= 15 is 0 Å². The maximum absolute atomic E-state index is 12.9. The number of nitriles is 1. The summed E-state index contributed by atoms with van der Waals surface area (Å²) in [6, 6.07) is 9.30. The highest BCUT2D eigenvalue weighted by Gasteiger charge is 2.40. The van der Waals surface area contributed by atoms with Crippen LogP contribution in [0.15, 0.2) is 53.6 Å². The Morgan fingerprint density at radius 3 is 2.35 bits per heavy atom. The number of hydrogen-bond acceptors (Lipinski definition) is 7. The first-order valence-corrected chi connectivity index (χ1v) is 9.64. The Bertz CT molecular complexity index is 1080. The largest absolute Gasteiger partial charge is 0.493 e. The van der Waals surface area contributed by atoms with Gasteiger partial charge >= 0.3 is 5.97 Å². The molecule has 0 saturated carbocycles. The third-order valence-corrected chi connectivity index (χ3v) is 4.94. The molecule has 8 nitrogen and oxygen atoms in total. The Morgan fingerprint density at radius 2 is 1.81 bits per heavy atom. The minimum absolute atomic E-state index is 0.182. The topological polar surface area (TPSA) is 91.9 Å². The Hall–Kier alpha value is -3.86. The molecule has 3 rings (SSSR count). The number of methoxy groups -OCH3 is 3. The van der Waals surface area contributed by atoms with Crippen molar-refractivity contribution in [3.8, 4) is 23.3 Å². The molecule has 0 saturated heterocycles. The van der Waals surface area contributed by atoms with Gasteiger partial charge in [-0.05, 0) is 32.0 Å². The van der Waals surface area contributed by atoms with Crippen LogP contribution in [0.2, 0.25) is 0 Å². The van der Waals surface area contributed by atoms with Crippen molar-refractivity contribution in [2.45, 2.75) is 19.8 Å². The van der Waals surface area contributed by atoms with Crippen molar-refractivity contribution in [3.05, 3.63) is 59.1 Å². The Balaban J connectivity index is 2.34. The average Bonchev–Trinajstić information content (AvgIpc) is 3.32. The highest BCUT2D eigenvalue weighted by Crippen LogP contribution is 2.49. The molecule has 0 radical (unpaired) electrons. The van der Waals surface area contributed by atoms with Crippen LogP contribution in [0.4, 0.5) is 0 Å². The lowest BCUT2D eigenvalue weighted by molar-refractivity contribution is -0.139. The molecule has 162 valence electrons. The third-order valence-electron chi connectivity index (χ3n) is 4.94. The molecule has 8 heteroatoms. The van der Waals surface area contributed by atoms with Crippen LogP contribution in [0.3, 0.4) is 0 Å². The molecule has 0 fully saturated rings. The van der Waals surface area contributed by atoms with Crippen LogP contribution < -0.4 is 14.2 Å². The van der Waals surface area contributed by atoms with Crippen LogP contribution in [0.1, 0.15) is 25.3 Å². The standard InChI is InChI=1S/C23H24N2O6/c1-6-30-23(26)18-14(2)31-22(25-11-7-8-12-25)16(13-24)19(18)15-9-10-17(27-3)21(29-5)20(15)28-4/h7-12,19H,6H2,1-5H3/t19-/m1/s1. The summed E-state index contributed by atoms with van der Waals surface area (Å²) in [7, 11) is 4.50. The van der Waals surface area contributed by atoms with Crippen molar-refractivity contribution >= 4 is 11.9 Å². The highest BCUT2D eigenvalue weighted by atomic mass is 16.5. The summed E-state index contributed by atoms with van der Waals surface area (Å²) in [4.78, 5) is 12.9. The van der Waals surface area contributed by atoms with E-state index in [4.69, 9.17) is 23.7 Å². The summed E-state index contributed by atoms with van der Waals surface area (Å²) < 4.78 is 29.4. The average molecular weight is 424 g/mol. The molecule has 0 amide bonds. The molecule has 0 unspecified atom stereocenters. The van der Waals surface area contributed by atoms with Crippen molar-refractivity contribution in [1.82, 2.24) is 4.57 Å². The first-order valence-electron chi connectivity index (χ1n) is 9.64. The number of carbonyl (C=O) groups is 1. The van der Waals surface area contributed by atoms with Gasteiger partial charge in [0.15, 0.2) is 11.5 Å². The second kappa shape index (κ2) is 9.30. The second-order valence-electron chi connectivity index (χ2n) is 6.57. The molecule has 0 bridgehead atoms. The van der Waals surface area contributed by atoms with Gasteiger partial charge in [0, 0.05) is 18.0 Å². The van der Waals surface area contributed by atoms with Gasteiger partial charge in [-0.3, -0.25) is 4.57 Å². The highest BCUT2D eigenvalue weighted by molar-refractivity contribution is 5.94. The predicted octanol–water partition coefficient (Wildman–Crippen LogP) is 3.86. The van der Waals surface area contributed by atoms with Crippen LogP contribution in [-0.2, 0) is 14.3 Å². The number of esters is 1. The molecule has 1 aromatic heterocycles. The Morgan fingerprint density at radius 1 is 1.13 bits per heavy atom. The summed E-state index contributed by atoms with van der Waals surface area (Å²) in [6.45, 7) is 3.57. The van der Waals surface area contributed by atoms with Crippen molar-refractivity contribution in [1.29, 1.82) is 5.26 Å². The lowest BCUT2D eigenvalue weighted by Crippen LogP contribution is -2.24. The monoisotopic (exact) mass is 424 g/mol. The minimum atomic E-state index is -0.801. The fourth-order valence-corrected chi connectivity index (χ4v) is 3.63. The summed E-state index contributed by atoms with van der Waals surface area (Å²) in [6.07, 6.45) is 3.52. The zero-order valence-electron chi connectivity index (χ0n) is 18.1. The molecule has 0 spiro atoms. The number of benzene rings is 1. The molecule has 31 heavy (non-hydrogen) atoms. The van der Waals surface area contributed by atoms with E-state index in [-0.39, 0.29) is 17.8 Å². The van der Waals surface area contributed by atoms with E-state index in [2.05, 4.69) is 6.07 Å². The molecule has 1 atom stereocenters. The number of carbonyl (C=O) groups excluding carboxylic acids is 1. The first-order chi connectivity index (χ1) is 15.0. The van der Waals surface area contributed by atoms with E-state index in [0.717, 1.165) is 0 Å². The zero-order chi connectivity index (χ0) is 22.5. The number of ether oxygens (including phenoxy) is 5. The number of hydrogen-bond donors (Lipinski definition) is 0. The molecule has 1 aromatic carbocycles. The van der Waals surface area contributed by atoms with Crippen LogP contribution in [0.25, 0.3) is 5.88 Å². The number of rotatable bonds is 7. The molecule has 2 heterocycles. The van der Waals surface area contributed by atoms with Gasteiger partial charge in [0.25, 0.3) is 0 Å². The minimum Gasteiger partial charge on any atom is -0.493 e. The van der Waals surface area contributed by atoms with Gasteiger partial charge in [0.2, 0.25) is 11.6 Å². The van der Waals surface area contributed by atoms with Crippen LogP contribution >= 0.6 is 0 Å². The van der Waals surface area contributed by atoms with Gasteiger partial charge in [0.1, 0.15) is 17.4 Å². The van der Waals surface area contributed by atoms with Crippen molar-refractivity contribution in [2.75, 3.05) is 27.9 Å². The fraction of sp³-hybridized carbons (Fsp3) is 0.304. The van der Waals surface area contributed by atoms with E-state index < -0.39 is 11.9 Å². The maximum Gasteiger partial charge on any atom is 0.338 e. The molecule has 2 aromatic rings. The molecule has 1 aliphatic heterocycles. The van der Waals surface area contributed by atoms with E-state index in [0.29, 0.717) is 34.5 Å². The van der Waals surface area contributed by atoms with Crippen LogP contribution in [-0.4, -0.2) is 38.5 Å². The SMILES string of the molecule is CCOC(=O)C1=C(C)OC(n2cccc2)=C(C#N)[C@H]1c1ccc(OC)c(OC)c1OC. The first kappa shape index (κ1) is 21.8. The predicted molar refractivity (Wildman–Crippen MR) is 113 cm³/mol. The smallest absolute Gasteiger partial charge is 0.338 e. The lowest BCUT2D eigenvalue weighted by Gasteiger charge is -2.30. The second-order valence-corrected chi connectivity index (χ2v) is 6.57. The van der Waals surface area contributed by atoms with Gasteiger partial charge in [-0.25, -0.2) is 4.79 Å². The Labute approximate surface area is 180 Å². The van der Waals surface area contributed by atoms with E-state index in [1.54, 1.807) is 42.9 Å². The van der Waals surface area contributed by atoms with Crippen molar-refractivity contribution in [2.24, 2.45) is 0 Å². The lowest BCUT2D eigenvalue weighted by atomic mass is 9.82. The third kappa shape index (κ3) is 3.82. The van der Waals surface area contributed by atoms with Gasteiger partial charge in [-0.1, -0.05) is 6.07 Å². The molecular weight excluding hydrogens is 400 g/mol. The van der Waals surface area contributed by atoms with Gasteiger partial charge in [-0.2, -0.15) is 5.26 Å². The van der Waals surface area contributed by atoms with E-state index in [1.165, 1.54) is 21.3 Å².